The van der Waals surface area contributed by atoms with Crippen molar-refractivity contribution in [2.45, 2.75) is 0 Å². The second-order valence-corrected chi connectivity index (χ2v) is 0. The van der Waals surface area contributed by atoms with Crippen molar-refractivity contribution in [1.29, 1.82) is 0 Å². The third kappa shape index (κ3) is 11.0. The molecule has 0 spiro atoms. The Bertz CT molecular complexity index is 6.00. The molecule has 0 radical (unpaired) electrons. The van der Waals surface area contributed by atoms with Crippen LogP contribution < -0.4 is 39.0 Å². The van der Waals surface area contributed by atoms with Gasteiger partial charge in [0.25, 0.3) is 0 Å². The first-order valence-corrected chi connectivity index (χ1v) is 0. The molecule has 0 aliphatic heterocycles. The van der Waals surface area contributed by atoms with E-state index in [1.807, 2.05) is 0 Å². The van der Waals surface area contributed by atoms with Gasteiger partial charge in [0, 0.05) is 0 Å². The zero-order valence-corrected chi connectivity index (χ0v) is 5.10. The van der Waals surface area contributed by atoms with Crippen LogP contribution in [0.15, 0.2) is 0 Å². The molecule has 0 rings (SSSR count). The Morgan fingerprint density at radius 1 is 0.750 bits per heavy atom. The number of hydrogen-bond donors (Lipinski definition) is 0. The largest absolute Gasteiger partial charge is 1.00 e. The summed E-state index contributed by atoms with van der Waals surface area (Å²) in [5.74, 6) is 0. The smallest absolute Gasteiger partial charge is 1.00 e. The van der Waals surface area contributed by atoms with Gasteiger partial charge in [-0.2, -0.15) is 0 Å². The summed E-state index contributed by atoms with van der Waals surface area (Å²) in [4.78, 5) is 0. The first-order valence-electron chi connectivity index (χ1n) is 0. The molecule has 0 bridgehead atoms. The van der Waals surface area contributed by atoms with Crippen molar-refractivity contribution in [1.82, 2.24) is 0 Å². The molecule has 0 aliphatic rings. The number of hydrogen-bond acceptors (Lipinski definition) is 0. The second kappa shape index (κ2) is 31.1. The van der Waals surface area contributed by atoms with E-state index in [0.717, 1.165) is 0 Å². The van der Waals surface area contributed by atoms with Crippen LogP contribution in [0.3, 0.4) is 0 Å². The molecule has 0 aromatic carbocycles. The second-order valence-electron chi connectivity index (χ2n) is 0. The van der Waals surface area contributed by atoms with E-state index >= 15 is 0 Å². The van der Waals surface area contributed by atoms with E-state index in [2.05, 4.69) is 0 Å². The van der Waals surface area contributed by atoms with E-state index < -0.39 is 0 Å². The van der Waals surface area contributed by atoms with Crippen molar-refractivity contribution >= 4 is 0 Å². The van der Waals surface area contributed by atoms with Gasteiger partial charge in [-0.3, -0.25) is 0 Å². The minimum Gasteiger partial charge on any atom is -1.00 e. The predicted molar refractivity (Wildman–Crippen MR) is 2.79 cm³/mol. The summed E-state index contributed by atoms with van der Waals surface area (Å²) < 4.78 is 0. The molecule has 0 aliphatic carbocycles. The van der Waals surface area contributed by atoms with Gasteiger partial charge >= 0.3 is 29.6 Å². The minimum absolute atomic E-state index is 0. The van der Waals surface area contributed by atoms with E-state index in [-0.39, 0.29) is 51.4 Å². The first kappa shape index (κ1) is 67.1. The molecule has 4 heavy (non-hydrogen) atoms. The van der Waals surface area contributed by atoms with Gasteiger partial charge in [-0.25, -0.2) is 0 Å². The topological polar surface area (TPSA) is 0 Å². The van der Waals surface area contributed by atoms with Gasteiger partial charge in [0.2, 0.25) is 0 Å². The van der Waals surface area contributed by atoms with Gasteiger partial charge in [0.1, 0.15) is 0 Å². The van der Waals surface area contributed by atoms with Crippen LogP contribution in [-0.4, -0.2) is 0 Å². The molecule has 0 N–H and O–H groups in total. The van der Waals surface area contributed by atoms with Crippen LogP contribution in [0.25, 0.3) is 0 Å². The molecule has 0 unspecified atom stereocenters. The van der Waals surface area contributed by atoms with Gasteiger partial charge in [-0.05, 0) is 0 Å². The normalized spacial score (nSPS) is 0. The molecule has 0 aromatic rings. The number of halogens is 3. The van der Waals surface area contributed by atoms with Crippen LogP contribution in [0.2, 0.25) is 0 Å². The summed E-state index contributed by atoms with van der Waals surface area (Å²) in [7, 11) is 0. The predicted octanol–water partition coefficient (Wildman–Crippen LogP) is -9.52. The fraction of sp³-hybridized carbons (Fsp3) is 0. The third-order valence-electron chi connectivity index (χ3n) is 0. The summed E-state index contributed by atoms with van der Waals surface area (Å²) in [6, 6.07) is 0. The first-order chi connectivity index (χ1) is 0. The Kier molecular flexibility index (Phi) is 522. The molecular formula is H2ClF2Na. The molecule has 0 amide bonds. The maximum atomic E-state index is 0. The zero-order valence-electron chi connectivity index (χ0n) is 2.20. The zero-order chi connectivity index (χ0) is 0. The maximum Gasteiger partial charge on any atom is 1.00 e. The van der Waals surface area contributed by atoms with Crippen molar-refractivity contribution in [3.8, 4) is 0 Å². The summed E-state index contributed by atoms with van der Waals surface area (Å²) in [6.45, 7) is 0. The van der Waals surface area contributed by atoms with Crippen molar-refractivity contribution in [2.75, 3.05) is 0 Å². The molecule has 0 atom stereocenters. The van der Waals surface area contributed by atoms with E-state index in [4.69, 9.17) is 0 Å². The van der Waals surface area contributed by atoms with Crippen LogP contribution >= 0.6 is 0 Å². The molecule has 0 saturated carbocycles. The minimum atomic E-state index is 0. The summed E-state index contributed by atoms with van der Waals surface area (Å²) in [6.07, 6.45) is 0. The molecule has 0 fully saturated rings. The van der Waals surface area contributed by atoms with E-state index in [0.29, 0.717) is 0 Å². The van der Waals surface area contributed by atoms with Crippen molar-refractivity contribution in [2.24, 2.45) is 0 Å². The fourth-order valence-electron chi connectivity index (χ4n) is 0. The molecule has 0 nitrogen and oxygen atoms in total. The molecule has 0 heterocycles. The Labute approximate surface area is 51.4 Å². The van der Waals surface area contributed by atoms with E-state index in [1.165, 1.54) is 0 Å². The van der Waals surface area contributed by atoms with Crippen LogP contribution in [-0.2, 0) is 0 Å². The number of rotatable bonds is 0. The average Bonchev–Trinajstić information content (AvgIpc) is 0. The van der Waals surface area contributed by atoms with Gasteiger partial charge in [-0.15, -0.1) is 0 Å². The van der Waals surface area contributed by atoms with Crippen molar-refractivity contribution in [3.05, 3.63) is 0 Å². The third-order valence-corrected chi connectivity index (χ3v) is 0. The SMILES string of the molecule is [ClH2+].[F-].[F-].[Na+]. The van der Waals surface area contributed by atoms with Crippen molar-refractivity contribution < 1.29 is 51.4 Å². The Morgan fingerprint density at radius 3 is 0.750 bits per heavy atom. The van der Waals surface area contributed by atoms with E-state index in [1.54, 1.807) is 0 Å². The van der Waals surface area contributed by atoms with E-state index in [9.17, 15) is 0 Å². The molecule has 0 saturated heterocycles. The van der Waals surface area contributed by atoms with Gasteiger partial charge < -0.3 is 9.41 Å². The summed E-state index contributed by atoms with van der Waals surface area (Å²) in [5.41, 5.74) is 0. The Hall–Kier alpha value is 1.15. The monoisotopic (exact) mass is 98.0 g/mol. The molecule has 24 valence electrons. The Morgan fingerprint density at radius 2 is 0.750 bits per heavy atom. The standard InChI is InChI=1S/ClH2.2FH.Na/h1H2;2*1H;/q+1;;;+1/p-2. The van der Waals surface area contributed by atoms with Gasteiger partial charge in [0.05, 0.1) is 12.4 Å². The maximum absolute atomic E-state index is 0. The molecular weight excluding hydrogens is 96.4 g/mol. The molecule has 4 heteroatoms. The van der Waals surface area contributed by atoms with Crippen LogP contribution in [0.1, 0.15) is 0 Å². The van der Waals surface area contributed by atoms with Crippen LogP contribution in [0.4, 0.5) is 0 Å². The van der Waals surface area contributed by atoms with Crippen LogP contribution in [0.5, 0.6) is 0 Å². The quantitative estimate of drug-likeness (QED) is 0.264. The molecule has 0 aromatic heterocycles. The Balaban J connectivity index is 0. The summed E-state index contributed by atoms with van der Waals surface area (Å²) in [5, 5.41) is 0. The van der Waals surface area contributed by atoms with Gasteiger partial charge in [-0.1, -0.05) is 0 Å². The van der Waals surface area contributed by atoms with Crippen LogP contribution in [0, 0.1) is 12.4 Å². The van der Waals surface area contributed by atoms with Crippen molar-refractivity contribution in [3.63, 3.8) is 0 Å². The average molecular weight is 98.5 g/mol. The fourth-order valence-corrected chi connectivity index (χ4v) is 0. The summed E-state index contributed by atoms with van der Waals surface area (Å²) >= 11 is 0. The van der Waals surface area contributed by atoms with Gasteiger partial charge in [0.15, 0.2) is 0 Å².